The quantitative estimate of drug-likeness (QED) is 0.736. The van der Waals surface area contributed by atoms with Crippen molar-refractivity contribution in [3.8, 4) is 0 Å². The number of rotatable bonds is 4. The third-order valence-electron chi connectivity index (χ3n) is 2.52. The van der Waals surface area contributed by atoms with Crippen LogP contribution in [-0.4, -0.2) is 14.6 Å². The Morgan fingerprint density at radius 2 is 2.07 bits per heavy atom. The minimum Gasteiger partial charge on any atom is -0.433 e. The lowest BCUT2D eigenvalue weighted by atomic mass is 9.97. The fourth-order valence-corrected chi connectivity index (χ4v) is 2.83. The number of benzene rings is 1. The van der Waals surface area contributed by atoms with Gasteiger partial charge in [-0.25, -0.2) is 0 Å². The topological polar surface area (TPSA) is 20.2 Å². The van der Waals surface area contributed by atoms with Crippen LogP contribution in [0, 0.1) is 5.92 Å². The highest BCUT2D eigenvalue weighted by Crippen LogP contribution is 2.12. The van der Waals surface area contributed by atoms with Crippen molar-refractivity contribution < 1.29 is 4.80 Å². The first-order valence-electron chi connectivity index (χ1n) is 5.39. The Balaban J connectivity index is 3.02. The van der Waals surface area contributed by atoms with Gasteiger partial charge in [0.2, 0.25) is 0 Å². The normalized spacial score (nSPS) is 11.8. The van der Waals surface area contributed by atoms with Gasteiger partial charge in [-0.2, -0.15) is 0 Å². The number of hydrogen-bond donors (Lipinski definition) is 1. The molecule has 0 saturated carbocycles. The van der Waals surface area contributed by atoms with E-state index >= 15 is 0 Å². The minimum absolute atomic E-state index is 0.691. The molecule has 0 amide bonds. The average molecular weight is 208 g/mol. The van der Waals surface area contributed by atoms with Crippen LogP contribution in [0.1, 0.15) is 31.9 Å². The number of hydrogen-bond acceptors (Lipinski definition) is 1. The van der Waals surface area contributed by atoms with E-state index in [1.807, 2.05) is 0 Å². The molecule has 0 unspecified atom stereocenters. The largest absolute Gasteiger partial charge is 0.433 e. The van der Waals surface area contributed by atoms with E-state index < -0.39 is 9.76 Å². The van der Waals surface area contributed by atoms with E-state index in [1.165, 1.54) is 16.3 Å². The predicted octanol–water partition coefficient (Wildman–Crippen LogP) is 1.15. The second-order valence-electron chi connectivity index (χ2n) is 4.16. The molecule has 1 rings (SSSR count). The monoisotopic (exact) mass is 208 g/mol. The molecule has 1 N–H and O–H groups in total. The highest BCUT2D eigenvalue weighted by molar-refractivity contribution is 6.46. The zero-order valence-electron chi connectivity index (χ0n) is 9.38. The van der Waals surface area contributed by atoms with Crippen molar-refractivity contribution in [1.29, 1.82) is 0 Å². The summed E-state index contributed by atoms with van der Waals surface area (Å²) in [5, 5.41) is 1.23. The van der Waals surface area contributed by atoms with E-state index in [9.17, 15) is 4.80 Å². The molecular formula is C12H20OSi. The van der Waals surface area contributed by atoms with Gasteiger partial charge < -0.3 is 4.80 Å². The van der Waals surface area contributed by atoms with Gasteiger partial charge in [0.05, 0.1) is 0 Å². The molecule has 0 spiro atoms. The fourth-order valence-electron chi connectivity index (χ4n) is 1.92. The summed E-state index contributed by atoms with van der Waals surface area (Å²) in [5.41, 5.74) is 2.83. The van der Waals surface area contributed by atoms with Crippen LogP contribution in [0.25, 0.3) is 0 Å². The van der Waals surface area contributed by atoms with Gasteiger partial charge in [-0.15, -0.1) is 0 Å². The Hall–Kier alpha value is -0.603. The van der Waals surface area contributed by atoms with Crippen LogP contribution < -0.4 is 5.19 Å². The van der Waals surface area contributed by atoms with Gasteiger partial charge >= 0.3 is 0 Å². The van der Waals surface area contributed by atoms with Gasteiger partial charge in [0.15, 0.2) is 9.76 Å². The summed E-state index contributed by atoms with van der Waals surface area (Å²) < 4.78 is 0. The van der Waals surface area contributed by atoms with Gasteiger partial charge in [-0.05, 0) is 35.1 Å². The molecule has 0 saturated heterocycles. The summed E-state index contributed by atoms with van der Waals surface area (Å²) in [5.74, 6) is 0.691. The van der Waals surface area contributed by atoms with Crippen LogP contribution in [0.3, 0.4) is 0 Å². The summed E-state index contributed by atoms with van der Waals surface area (Å²) in [6, 6.07) is 6.36. The Kier molecular flexibility index (Phi) is 4.36. The molecule has 1 aromatic rings. The third-order valence-corrected chi connectivity index (χ3v) is 3.53. The molecule has 1 aromatic carbocycles. The van der Waals surface area contributed by atoms with Gasteiger partial charge in [-0.1, -0.05) is 39.0 Å². The second kappa shape index (κ2) is 5.32. The van der Waals surface area contributed by atoms with Crippen molar-refractivity contribution >= 4 is 14.9 Å². The maximum absolute atomic E-state index is 9.35. The van der Waals surface area contributed by atoms with Crippen LogP contribution in [0.5, 0.6) is 0 Å². The van der Waals surface area contributed by atoms with Crippen LogP contribution in [0.4, 0.5) is 0 Å². The first-order valence-corrected chi connectivity index (χ1v) is 6.73. The van der Waals surface area contributed by atoms with Gasteiger partial charge in [0.25, 0.3) is 0 Å². The first kappa shape index (κ1) is 11.5. The molecule has 0 fully saturated rings. The van der Waals surface area contributed by atoms with Gasteiger partial charge in [-0.3, -0.25) is 0 Å². The summed E-state index contributed by atoms with van der Waals surface area (Å²) >= 11 is 0. The molecule has 0 aromatic heterocycles. The smallest absolute Gasteiger partial charge is 0.188 e. The predicted molar refractivity (Wildman–Crippen MR) is 64.8 cm³/mol. The van der Waals surface area contributed by atoms with Crippen molar-refractivity contribution in [3.05, 3.63) is 29.3 Å². The standard InChI is InChI=1S/C12H20OSi/c1-4-11-10(8-9(2)3)6-5-7-12(11)14-13/h5-7,9,13H,4,8,14H2,1-3H3. The molecule has 0 aliphatic rings. The maximum atomic E-state index is 9.35. The van der Waals surface area contributed by atoms with Gasteiger partial charge in [0, 0.05) is 0 Å². The highest BCUT2D eigenvalue weighted by atomic mass is 28.2. The van der Waals surface area contributed by atoms with E-state index in [0.29, 0.717) is 5.92 Å². The van der Waals surface area contributed by atoms with Gasteiger partial charge in [0.1, 0.15) is 0 Å². The molecule has 1 nitrogen and oxygen atoms in total. The zero-order chi connectivity index (χ0) is 10.6. The Labute approximate surface area is 89.1 Å². The van der Waals surface area contributed by atoms with Crippen molar-refractivity contribution in [2.24, 2.45) is 5.92 Å². The molecule has 0 aliphatic heterocycles. The average Bonchev–Trinajstić information content (AvgIpc) is 2.16. The van der Waals surface area contributed by atoms with Crippen LogP contribution in [-0.2, 0) is 12.8 Å². The van der Waals surface area contributed by atoms with Crippen molar-refractivity contribution in [2.45, 2.75) is 33.6 Å². The molecule has 14 heavy (non-hydrogen) atoms. The molecule has 0 bridgehead atoms. The van der Waals surface area contributed by atoms with E-state index in [-0.39, 0.29) is 0 Å². The Morgan fingerprint density at radius 1 is 1.36 bits per heavy atom. The lowest BCUT2D eigenvalue weighted by Crippen LogP contribution is -2.21. The highest BCUT2D eigenvalue weighted by Gasteiger charge is 2.07. The van der Waals surface area contributed by atoms with Crippen LogP contribution >= 0.6 is 0 Å². The first-order chi connectivity index (χ1) is 6.69. The fraction of sp³-hybridized carbons (Fsp3) is 0.500. The summed E-state index contributed by atoms with van der Waals surface area (Å²) in [7, 11) is -1.00. The van der Waals surface area contributed by atoms with E-state index in [0.717, 1.165) is 12.8 Å². The third kappa shape index (κ3) is 2.69. The second-order valence-corrected chi connectivity index (χ2v) is 5.24. The van der Waals surface area contributed by atoms with Crippen LogP contribution in [0.15, 0.2) is 18.2 Å². The summed E-state index contributed by atoms with van der Waals surface area (Å²) in [6.07, 6.45) is 2.18. The molecule has 78 valence electrons. The minimum atomic E-state index is -1.00. The molecule has 0 atom stereocenters. The van der Waals surface area contributed by atoms with Crippen LogP contribution in [0.2, 0.25) is 0 Å². The van der Waals surface area contributed by atoms with Crippen molar-refractivity contribution in [1.82, 2.24) is 0 Å². The SMILES string of the molecule is CCc1c(CC(C)C)cccc1[SiH2]O. The summed E-state index contributed by atoms with van der Waals surface area (Å²) in [6.45, 7) is 6.65. The Morgan fingerprint density at radius 3 is 2.57 bits per heavy atom. The molecule has 0 aliphatic carbocycles. The summed E-state index contributed by atoms with van der Waals surface area (Å²) in [4.78, 5) is 9.35. The molecule has 0 radical (unpaired) electrons. The zero-order valence-corrected chi connectivity index (χ0v) is 10.8. The van der Waals surface area contributed by atoms with E-state index in [4.69, 9.17) is 0 Å². The Bertz CT molecular complexity index is 294. The van der Waals surface area contributed by atoms with Crippen molar-refractivity contribution in [3.63, 3.8) is 0 Å². The van der Waals surface area contributed by atoms with E-state index in [1.54, 1.807) is 0 Å². The molecule has 0 heterocycles. The lowest BCUT2D eigenvalue weighted by molar-refractivity contribution is 0.614. The van der Waals surface area contributed by atoms with E-state index in [2.05, 4.69) is 39.0 Å². The maximum Gasteiger partial charge on any atom is 0.188 e. The lowest BCUT2D eigenvalue weighted by Gasteiger charge is -2.13. The van der Waals surface area contributed by atoms with Crippen molar-refractivity contribution in [2.75, 3.05) is 0 Å². The molecular weight excluding hydrogens is 188 g/mol. The molecule has 2 heteroatoms.